The Morgan fingerprint density at radius 2 is 1.94 bits per heavy atom. The van der Waals surface area contributed by atoms with Gasteiger partial charge >= 0.3 is 0 Å². The van der Waals surface area contributed by atoms with Crippen molar-refractivity contribution in [1.82, 2.24) is 0 Å². The smallest absolute Gasteiger partial charge is 0.155 e. The molecule has 0 unspecified atom stereocenters. The number of halogens is 1. The van der Waals surface area contributed by atoms with Crippen LogP contribution in [-0.4, -0.2) is 24.5 Å². The molecule has 1 rings (SSSR count). The standard InChI is InChI=1S/C11H15FO3S/c1-3-16(14,15)8(2)11(13)9-6-4-5-7-10(9)12/h4-8,11,13H,3H2,1-2H3/t8-,11-/m1/s1. The van der Waals surface area contributed by atoms with Crippen LogP contribution < -0.4 is 0 Å². The van der Waals surface area contributed by atoms with Crippen LogP contribution in [0.2, 0.25) is 0 Å². The highest BCUT2D eigenvalue weighted by molar-refractivity contribution is 7.92. The molecule has 16 heavy (non-hydrogen) atoms. The number of benzene rings is 1. The molecule has 1 aromatic carbocycles. The molecule has 0 aliphatic carbocycles. The van der Waals surface area contributed by atoms with Crippen LogP contribution in [0.1, 0.15) is 25.5 Å². The van der Waals surface area contributed by atoms with Crippen molar-refractivity contribution in [2.45, 2.75) is 25.2 Å². The summed E-state index contributed by atoms with van der Waals surface area (Å²) >= 11 is 0. The molecule has 0 amide bonds. The third kappa shape index (κ3) is 2.59. The fraction of sp³-hybridized carbons (Fsp3) is 0.455. The quantitative estimate of drug-likeness (QED) is 0.879. The highest BCUT2D eigenvalue weighted by Gasteiger charge is 2.29. The molecular formula is C11H15FO3S. The topological polar surface area (TPSA) is 54.4 Å². The molecule has 3 nitrogen and oxygen atoms in total. The molecule has 0 saturated carbocycles. The van der Waals surface area contributed by atoms with Crippen LogP contribution in [0, 0.1) is 5.82 Å². The summed E-state index contributed by atoms with van der Waals surface area (Å²) in [5.74, 6) is -0.659. The van der Waals surface area contributed by atoms with Gasteiger partial charge in [-0.3, -0.25) is 0 Å². The molecular weight excluding hydrogens is 231 g/mol. The molecule has 0 aliphatic heterocycles. The molecule has 0 saturated heterocycles. The molecule has 0 radical (unpaired) electrons. The summed E-state index contributed by atoms with van der Waals surface area (Å²) in [5, 5.41) is 8.81. The average Bonchev–Trinajstić information content (AvgIpc) is 2.27. The van der Waals surface area contributed by atoms with Crippen molar-refractivity contribution in [1.29, 1.82) is 0 Å². The maximum absolute atomic E-state index is 13.3. The lowest BCUT2D eigenvalue weighted by Crippen LogP contribution is -2.27. The maximum Gasteiger partial charge on any atom is 0.155 e. The Morgan fingerprint density at radius 3 is 2.44 bits per heavy atom. The predicted octanol–water partition coefficient (Wildman–Crippen LogP) is 1.68. The number of hydrogen-bond donors (Lipinski definition) is 1. The maximum atomic E-state index is 13.3. The number of hydrogen-bond acceptors (Lipinski definition) is 3. The average molecular weight is 246 g/mol. The van der Waals surface area contributed by atoms with Crippen LogP contribution in [-0.2, 0) is 9.84 Å². The van der Waals surface area contributed by atoms with Gasteiger partial charge in [-0.1, -0.05) is 25.1 Å². The van der Waals surface area contributed by atoms with Crippen LogP contribution in [0.4, 0.5) is 4.39 Å². The summed E-state index contributed by atoms with van der Waals surface area (Å²) in [5.41, 5.74) is 0.0204. The van der Waals surface area contributed by atoms with Gasteiger partial charge in [-0.05, 0) is 13.0 Å². The Morgan fingerprint density at radius 1 is 1.38 bits per heavy atom. The number of aliphatic hydroxyl groups excluding tert-OH is 1. The third-order valence-corrected chi connectivity index (χ3v) is 4.83. The zero-order valence-corrected chi connectivity index (χ0v) is 10.0. The fourth-order valence-corrected chi connectivity index (χ4v) is 2.49. The second-order valence-electron chi connectivity index (χ2n) is 3.62. The first-order valence-corrected chi connectivity index (χ1v) is 6.75. The zero-order valence-electron chi connectivity index (χ0n) is 9.22. The molecule has 2 atom stereocenters. The summed E-state index contributed by atoms with van der Waals surface area (Å²) in [7, 11) is -3.38. The van der Waals surface area contributed by atoms with Crippen LogP contribution in [0.3, 0.4) is 0 Å². The van der Waals surface area contributed by atoms with E-state index >= 15 is 0 Å². The molecule has 1 N–H and O–H groups in total. The summed E-state index contributed by atoms with van der Waals surface area (Å²) < 4.78 is 36.4. The molecule has 90 valence electrons. The second kappa shape index (κ2) is 4.93. The highest BCUT2D eigenvalue weighted by Crippen LogP contribution is 2.24. The third-order valence-electron chi connectivity index (χ3n) is 2.64. The van der Waals surface area contributed by atoms with Gasteiger partial charge in [0.25, 0.3) is 0 Å². The van der Waals surface area contributed by atoms with E-state index in [4.69, 9.17) is 0 Å². The molecule has 5 heteroatoms. The van der Waals surface area contributed by atoms with Gasteiger partial charge in [0.2, 0.25) is 0 Å². The summed E-state index contributed by atoms with van der Waals surface area (Å²) in [6.45, 7) is 2.88. The minimum Gasteiger partial charge on any atom is -0.387 e. The summed E-state index contributed by atoms with van der Waals surface area (Å²) in [6, 6.07) is 5.64. The lowest BCUT2D eigenvalue weighted by atomic mass is 10.1. The Bertz CT molecular complexity index is 456. The van der Waals surface area contributed by atoms with Crippen LogP contribution >= 0.6 is 0 Å². The number of rotatable bonds is 4. The van der Waals surface area contributed by atoms with Crippen molar-refractivity contribution in [3.8, 4) is 0 Å². The minimum atomic E-state index is -3.38. The zero-order chi connectivity index (χ0) is 12.3. The van der Waals surface area contributed by atoms with Gasteiger partial charge in [0, 0.05) is 11.3 Å². The first kappa shape index (κ1) is 13.1. The van der Waals surface area contributed by atoms with E-state index in [0.717, 1.165) is 0 Å². The van der Waals surface area contributed by atoms with E-state index < -0.39 is 27.0 Å². The van der Waals surface area contributed by atoms with Gasteiger partial charge < -0.3 is 5.11 Å². The van der Waals surface area contributed by atoms with E-state index in [1.807, 2.05) is 0 Å². The lowest BCUT2D eigenvalue weighted by Gasteiger charge is -2.19. The van der Waals surface area contributed by atoms with E-state index in [9.17, 15) is 17.9 Å². The van der Waals surface area contributed by atoms with Gasteiger partial charge in [-0.15, -0.1) is 0 Å². The molecule has 0 aromatic heterocycles. The van der Waals surface area contributed by atoms with Crippen LogP contribution in [0.25, 0.3) is 0 Å². The fourth-order valence-electron chi connectivity index (χ4n) is 1.43. The molecule has 0 heterocycles. The lowest BCUT2D eigenvalue weighted by molar-refractivity contribution is 0.171. The van der Waals surface area contributed by atoms with Gasteiger partial charge in [-0.25, -0.2) is 12.8 Å². The van der Waals surface area contributed by atoms with Crippen molar-refractivity contribution in [2.75, 3.05) is 5.75 Å². The molecule has 1 aromatic rings. The van der Waals surface area contributed by atoms with E-state index in [2.05, 4.69) is 0 Å². The van der Waals surface area contributed by atoms with Crippen molar-refractivity contribution in [3.05, 3.63) is 35.6 Å². The first-order valence-electron chi connectivity index (χ1n) is 5.04. The van der Waals surface area contributed by atoms with E-state index in [-0.39, 0.29) is 11.3 Å². The van der Waals surface area contributed by atoms with Crippen molar-refractivity contribution in [3.63, 3.8) is 0 Å². The summed E-state index contributed by atoms with van der Waals surface area (Å²) in [4.78, 5) is 0. The van der Waals surface area contributed by atoms with Crippen molar-refractivity contribution in [2.24, 2.45) is 0 Å². The molecule has 0 aliphatic rings. The van der Waals surface area contributed by atoms with Gasteiger partial charge in [0.05, 0.1) is 11.4 Å². The SMILES string of the molecule is CCS(=O)(=O)[C@H](C)[C@@H](O)c1ccccc1F. The predicted molar refractivity (Wildman–Crippen MR) is 60.3 cm³/mol. The molecule has 0 spiro atoms. The summed E-state index contributed by atoms with van der Waals surface area (Å²) in [6.07, 6.45) is -1.33. The Kier molecular flexibility index (Phi) is 4.04. The normalized spacial score (nSPS) is 15.8. The second-order valence-corrected chi connectivity index (χ2v) is 6.27. The van der Waals surface area contributed by atoms with E-state index in [0.29, 0.717) is 0 Å². The minimum absolute atomic E-state index is 0.0204. The van der Waals surface area contributed by atoms with Crippen LogP contribution in [0.15, 0.2) is 24.3 Å². The molecule has 0 fully saturated rings. The number of aliphatic hydroxyl groups is 1. The Hall–Kier alpha value is -0.940. The van der Waals surface area contributed by atoms with Crippen molar-refractivity contribution < 1.29 is 17.9 Å². The van der Waals surface area contributed by atoms with Gasteiger partial charge in [0.1, 0.15) is 5.82 Å². The van der Waals surface area contributed by atoms with E-state index in [1.54, 1.807) is 6.07 Å². The van der Waals surface area contributed by atoms with Gasteiger partial charge in [0.15, 0.2) is 9.84 Å². The van der Waals surface area contributed by atoms with Crippen molar-refractivity contribution >= 4 is 9.84 Å². The van der Waals surface area contributed by atoms with Gasteiger partial charge in [-0.2, -0.15) is 0 Å². The Balaban J connectivity index is 3.04. The number of sulfone groups is 1. The molecule has 0 bridgehead atoms. The Labute approximate surface area is 94.8 Å². The largest absolute Gasteiger partial charge is 0.387 e. The monoisotopic (exact) mass is 246 g/mol. The first-order chi connectivity index (χ1) is 7.40. The highest BCUT2D eigenvalue weighted by atomic mass is 32.2. The van der Waals surface area contributed by atoms with E-state index in [1.165, 1.54) is 32.0 Å². The van der Waals surface area contributed by atoms with Crippen LogP contribution in [0.5, 0.6) is 0 Å².